The zero-order chi connectivity index (χ0) is 12.1. The second kappa shape index (κ2) is 5.84. The zero-order valence-corrected chi connectivity index (χ0v) is 10.1. The van der Waals surface area contributed by atoms with Crippen LogP contribution in [0.2, 0.25) is 0 Å². The van der Waals surface area contributed by atoms with Crippen molar-refractivity contribution < 1.29 is 14.2 Å². The van der Waals surface area contributed by atoms with Crippen molar-refractivity contribution in [2.75, 3.05) is 7.11 Å². The lowest BCUT2D eigenvalue weighted by Crippen LogP contribution is -2.30. The molecule has 1 aromatic rings. The minimum atomic E-state index is -0.168. The minimum Gasteiger partial charge on any atom is -0.467 e. The molecule has 1 aliphatic heterocycles. The summed E-state index contributed by atoms with van der Waals surface area (Å²) in [5, 5.41) is 0. The molecule has 3 heteroatoms. The molecule has 1 aromatic carbocycles. The summed E-state index contributed by atoms with van der Waals surface area (Å²) < 4.78 is 16.4. The predicted molar refractivity (Wildman–Crippen MR) is 65.3 cm³/mol. The highest BCUT2D eigenvalue weighted by atomic mass is 16.7. The zero-order valence-electron chi connectivity index (χ0n) is 10.1. The van der Waals surface area contributed by atoms with Gasteiger partial charge in [0.15, 0.2) is 6.29 Å². The number of hydrogen-bond acceptors (Lipinski definition) is 3. The average molecular weight is 234 g/mol. The van der Waals surface area contributed by atoms with E-state index in [0.717, 1.165) is 18.4 Å². The third-order valence-electron chi connectivity index (χ3n) is 2.86. The van der Waals surface area contributed by atoms with E-state index in [1.807, 2.05) is 30.3 Å². The van der Waals surface area contributed by atoms with Gasteiger partial charge in [0, 0.05) is 13.5 Å². The number of methoxy groups -OCH3 is 1. The predicted octanol–water partition coefficient (Wildman–Crippen LogP) is 2.87. The highest BCUT2D eigenvalue weighted by Crippen LogP contribution is 2.25. The molecule has 2 rings (SSSR count). The van der Waals surface area contributed by atoms with E-state index in [1.165, 1.54) is 0 Å². The fraction of sp³-hybridized carbons (Fsp3) is 0.429. The molecule has 3 nitrogen and oxygen atoms in total. The van der Waals surface area contributed by atoms with Gasteiger partial charge >= 0.3 is 0 Å². The lowest BCUT2D eigenvalue weighted by molar-refractivity contribution is -0.147. The molecule has 92 valence electrons. The monoisotopic (exact) mass is 234 g/mol. The summed E-state index contributed by atoms with van der Waals surface area (Å²) in [5.74, 6) is 0.666. The quantitative estimate of drug-likeness (QED) is 0.801. The van der Waals surface area contributed by atoms with Crippen LogP contribution in [0.5, 0.6) is 0 Å². The third-order valence-corrected chi connectivity index (χ3v) is 2.86. The van der Waals surface area contributed by atoms with Gasteiger partial charge in [0.2, 0.25) is 0 Å². The average Bonchev–Trinajstić information content (AvgIpc) is 2.38. The maximum Gasteiger partial charge on any atom is 0.199 e. The minimum absolute atomic E-state index is 0.0263. The van der Waals surface area contributed by atoms with E-state index in [2.05, 4.69) is 6.58 Å². The molecular weight excluding hydrogens is 216 g/mol. The molecule has 0 amide bonds. The summed E-state index contributed by atoms with van der Waals surface area (Å²) in [6, 6.07) is 10.1. The van der Waals surface area contributed by atoms with Gasteiger partial charge in [0.05, 0.1) is 6.61 Å². The maximum atomic E-state index is 5.79. The van der Waals surface area contributed by atoms with Crippen LogP contribution < -0.4 is 0 Å². The molecule has 0 aliphatic carbocycles. The summed E-state index contributed by atoms with van der Waals surface area (Å²) >= 11 is 0. The Hall–Kier alpha value is -1.32. The molecule has 1 aliphatic rings. The second-order valence-electron chi connectivity index (χ2n) is 4.11. The first-order valence-electron chi connectivity index (χ1n) is 5.83. The summed E-state index contributed by atoms with van der Waals surface area (Å²) in [5.41, 5.74) is 1.16. The Balaban J connectivity index is 1.82. The molecule has 2 atom stereocenters. The van der Waals surface area contributed by atoms with Crippen LogP contribution in [0.1, 0.15) is 18.4 Å². The molecule has 0 spiro atoms. The smallest absolute Gasteiger partial charge is 0.199 e. The maximum absolute atomic E-state index is 5.79. The van der Waals surface area contributed by atoms with Crippen molar-refractivity contribution in [1.29, 1.82) is 0 Å². The third kappa shape index (κ3) is 3.32. The number of hydrogen-bond donors (Lipinski definition) is 0. The Morgan fingerprint density at radius 3 is 2.71 bits per heavy atom. The summed E-state index contributed by atoms with van der Waals surface area (Å²) in [4.78, 5) is 0. The van der Waals surface area contributed by atoms with Crippen molar-refractivity contribution in [2.45, 2.75) is 31.8 Å². The van der Waals surface area contributed by atoms with Crippen molar-refractivity contribution >= 4 is 0 Å². The highest BCUT2D eigenvalue weighted by molar-refractivity contribution is 5.13. The van der Waals surface area contributed by atoms with E-state index in [4.69, 9.17) is 14.2 Å². The van der Waals surface area contributed by atoms with Crippen molar-refractivity contribution in [2.24, 2.45) is 0 Å². The van der Waals surface area contributed by atoms with E-state index in [1.54, 1.807) is 7.11 Å². The van der Waals surface area contributed by atoms with Gasteiger partial charge in [0.25, 0.3) is 0 Å². The SMILES string of the molecule is C=C1O[C@H](OC)CC[C@@H]1OCc1ccccc1. The van der Waals surface area contributed by atoms with Crippen LogP contribution in [0.25, 0.3) is 0 Å². The lowest BCUT2D eigenvalue weighted by Gasteiger charge is -2.30. The molecule has 0 saturated carbocycles. The first kappa shape index (κ1) is 12.1. The van der Waals surface area contributed by atoms with Gasteiger partial charge in [-0.1, -0.05) is 36.9 Å². The van der Waals surface area contributed by atoms with Gasteiger partial charge in [-0.2, -0.15) is 0 Å². The molecule has 0 bridgehead atoms. The Bertz CT molecular complexity index is 361. The lowest BCUT2D eigenvalue weighted by atomic mass is 10.1. The molecule has 1 fully saturated rings. The van der Waals surface area contributed by atoms with Crippen molar-refractivity contribution in [1.82, 2.24) is 0 Å². The molecule has 1 saturated heterocycles. The van der Waals surface area contributed by atoms with E-state index in [9.17, 15) is 0 Å². The number of ether oxygens (including phenoxy) is 3. The fourth-order valence-corrected chi connectivity index (χ4v) is 1.87. The second-order valence-corrected chi connectivity index (χ2v) is 4.11. The van der Waals surface area contributed by atoms with Crippen molar-refractivity contribution in [3.63, 3.8) is 0 Å². The Kier molecular flexibility index (Phi) is 4.18. The van der Waals surface area contributed by atoms with E-state index >= 15 is 0 Å². The number of rotatable bonds is 4. The summed E-state index contributed by atoms with van der Waals surface area (Å²) in [6.45, 7) is 4.47. The standard InChI is InChI=1S/C14H18O3/c1-11-13(8-9-14(15-2)17-11)16-10-12-6-4-3-5-7-12/h3-7,13-14H,1,8-10H2,2H3/t13-,14-/m0/s1. The van der Waals surface area contributed by atoms with Crippen LogP contribution in [-0.4, -0.2) is 19.5 Å². The van der Waals surface area contributed by atoms with Crippen LogP contribution in [-0.2, 0) is 20.8 Å². The Morgan fingerprint density at radius 2 is 2.06 bits per heavy atom. The largest absolute Gasteiger partial charge is 0.467 e. The van der Waals surface area contributed by atoms with E-state index in [0.29, 0.717) is 12.4 Å². The van der Waals surface area contributed by atoms with Crippen molar-refractivity contribution in [3.8, 4) is 0 Å². The molecular formula is C14H18O3. The van der Waals surface area contributed by atoms with E-state index in [-0.39, 0.29) is 12.4 Å². The fourth-order valence-electron chi connectivity index (χ4n) is 1.87. The molecule has 1 heterocycles. The molecule has 0 unspecified atom stereocenters. The Labute approximate surface area is 102 Å². The van der Waals surface area contributed by atoms with Crippen LogP contribution >= 0.6 is 0 Å². The highest BCUT2D eigenvalue weighted by Gasteiger charge is 2.25. The molecule has 0 aromatic heterocycles. The van der Waals surface area contributed by atoms with Gasteiger partial charge < -0.3 is 14.2 Å². The van der Waals surface area contributed by atoms with Gasteiger partial charge in [-0.05, 0) is 12.0 Å². The normalized spacial score (nSPS) is 24.4. The molecule has 0 N–H and O–H groups in total. The van der Waals surface area contributed by atoms with Gasteiger partial charge in [-0.15, -0.1) is 0 Å². The van der Waals surface area contributed by atoms with Crippen LogP contribution in [0.15, 0.2) is 42.7 Å². The first-order valence-corrected chi connectivity index (χ1v) is 5.83. The van der Waals surface area contributed by atoms with Crippen molar-refractivity contribution in [3.05, 3.63) is 48.2 Å². The summed E-state index contributed by atoms with van der Waals surface area (Å²) in [7, 11) is 1.64. The topological polar surface area (TPSA) is 27.7 Å². The van der Waals surface area contributed by atoms with Crippen LogP contribution in [0.4, 0.5) is 0 Å². The van der Waals surface area contributed by atoms with Gasteiger partial charge in [0.1, 0.15) is 11.9 Å². The molecule has 17 heavy (non-hydrogen) atoms. The van der Waals surface area contributed by atoms with E-state index < -0.39 is 0 Å². The summed E-state index contributed by atoms with van der Waals surface area (Å²) in [6.07, 6.45) is 1.54. The van der Waals surface area contributed by atoms with Crippen LogP contribution in [0.3, 0.4) is 0 Å². The number of benzene rings is 1. The Morgan fingerprint density at radius 1 is 1.29 bits per heavy atom. The van der Waals surface area contributed by atoms with Gasteiger partial charge in [-0.25, -0.2) is 0 Å². The first-order chi connectivity index (χ1) is 8.29. The molecule has 0 radical (unpaired) electrons. The van der Waals surface area contributed by atoms with Gasteiger partial charge in [-0.3, -0.25) is 0 Å². The van der Waals surface area contributed by atoms with Crippen LogP contribution in [0, 0.1) is 0 Å².